The van der Waals surface area contributed by atoms with Gasteiger partial charge in [0.25, 0.3) is 11.3 Å². The molecule has 1 aromatic carbocycles. The lowest BCUT2D eigenvalue weighted by atomic mass is 10.2. The van der Waals surface area contributed by atoms with Crippen molar-refractivity contribution in [2.75, 3.05) is 13.2 Å². The van der Waals surface area contributed by atoms with Crippen LogP contribution in [0.2, 0.25) is 5.35 Å². The molecule has 0 saturated carbocycles. The number of fused-ring (bicyclic) bond motifs is 1. The van der Waals surface area contributed by atoms with Gasteiger partial charge in [0, 0.05) is 5.56 Å². The molecule has 0 atom stereocenters. The van der Waals surface area contributed by atoms with Gasteiger partial charge in [0.2, 0.25) is 0 Å². The maximum atomic E-state index is 11.8. The third kappa shape index (κ3) is 3.23. The van der Waals surface area contributed by atoms with Gasteiger partial charge in [-0.15, -0.1) is 0 Å². The van der Waals surface area contributed by atoms with Crippen molar-refractivity contribution < 1.29 is 18.7 Å². The normalized spacial score (nSPS) is 10.4. The number of rotatable bonds is 4. The van der Waals surface area contributed by atoms with Crippen LogP contribution in [0.5, 0.6) is 0 Å². The van der Waals surface area contributed by atoms with Gasteiger partial charge in [-0.1, -0.05) is 0 Å². The largest absolute Gasteiger partial charge is 0.465 e. The lowest BCUT2D eigenvalue weighted by molar-refractivity contribution is -0.141. The van der Waals surface area contributed by atoms with Gasteiger partial charge < -0.3 is 14.5 Å². The zero-order valence-corrected chi connectivity index (χ0v) is 10.9. The van der Waals surface area contributed by atoms with Crippen molar-refractivity contribution in [3.05, 3.63) is 29.1 Å². The second-order valence-corrected chi connectivity index (χ2v) is 3.96. The minimum Gasteiger partial charge on any atom is -0.465 e. The summed E-state index contributed by atoms with van der Waals surface area (Å²) < 4.78 is 9.81. The van der Waals surface area contributed by atoms with Crippen LogP contribution in [-0.4, -0.2) is 30.0 Å². The predicted octanol–water partition coefficient (Wildman–Crippen LogP) is 1.77. The first kappa shape index (κ1) is 13.4. The van der Waals surface area contributed by atoms with Crippen molar-refractivity contribution in [1.82, 2.24) is 10.3 Å². The molecule has 7 heteroatoms. The van der Waals surface area contributed by atoms with E-state index >= 15 is 0 Å². The molecule has 0 unspecified atom stereocenters. The third-order valence-electron chi connectivity index (χ3n) is 2.32. The Morgan fingerprint density at radius 2 is 2.26 bits per heavy atom. The summed E-state index contributed by atoms with van der Waals surface area (Å²) in [6, 6.07) is 4.69. The average Bonchev–Trinajstić information content (AvgIpc) is 2.75. The highest BCUT2D eigenvalue weighted by Gasteiger charge is 2.11. The minimum atomic E-state index is -0.486. The number of nitrogens with zero attached hydrogens (tertiary/aromatic N) is 1. The zero-order chi connectivity index (χ0) is 13.8. The Hall–Kier alpha value is -2.08. The number of aromatic nitrogens is 1. The van der Waals surface area contributed by atoms with Gasteiger partial charge in [0.15, 0.2) is 5.58 Å². The third-order valence-corrected chi connectivity index (χ3v) is 2.48. The van der Waals surface area contributed by atoms with E-state index in [9.17, 15) is 9.59 Å². The standard InChI is InChI=1S/C12H11ClN2O4/c1-2-18-10(16)6-14-11(17)7-3-4-8-9(5-7)19-12(13)15-8/h3-5H,2,6H2,1H3,(H,14,17). The van der Waals surface area contributed by atoms with E-state index in [2.05, 4.69) is 10.3 Å². The Balaban J connectivity index is 2.06. The molecule has 0 aliphatic carbocycles. The number of oxazole rings is 1. The fourth-order valence-corrected chi connectivity index (χ4v) is 1.68. The fraction of sp³-hybridized carbons (Fsp3) is 0.250. The molecule has 0 fully saturated rings. The summed E-state index contributed by atoms with van der Waals surface area (Å²) in [5.74, 6) is -0.887. The number of amides is 1. The van der Waals surface area contributed by atoms with Gasteiger partial charge in [-0.25, -0.2) is 0 Å². The smallest absolute Gasteiger partial charge is 0.325 e. The van der Waals surface area contributed by atoms with E-state index in [0.717, 1.165) is 0 Å². The Kier molecular flexibility index (Phi) is 4.01. The second-order valence-electron chi connectivity index (χ2n) is 3.64. The van der Waals surface area contributed by atoms with Crippen LogP contribution in [0.3, 0.4) is 0 Å². The number of ether oxygens (including phenoxy) is 1. The molecule has 0 bridgehead atoms. The maximum Gasteiger partial charge on any atom is 0.325 e. The number of carbonyl (C=O) groups excluding carboxylic acids is 2. The summed E-state index contributed by atoms with van der Waals surface area (Å²) >= 11 is 5.61. The van der Waals surface area contributed by atoms with Gasteiger partial charge >= 0.3 is 5.97 Å². The van der Waals surface area contributed by atoms with Gasteiger partial charge in [-0.2, -0.15) is 4.98 Å². The van der Waals surface area contributed by atoms with E-state index in [1.807, 2.05) is 0 Å². The average molecular weight is 283 g/mol. The molecular formula is C12H11ClN2O4. The van der Waals surface area contributed by atoms with Crippen LogP contribution >= 0.6 is 11.6 Å². The highest BCUT2D eigenvalue weighted by molar-refractivity contribution is 6.28. The lowest BCUT2D eigenvalue weighted by Gasteiger charge is -2.04. The van der Waals surface area contributed by atoms with E-state index in [0.29, 0.717) is 16.7 Å². The van der Waals surface area contributed by atoms with E-state index in [1.54, 1.807) is 19.1 Å². The Labute approximate surface area is 113 Å². The molecule has 2 aromatic rings. The number of benzene rings is 1. The number of esters is 1. The van der Waals surface area contributed by atoms with Gasteiger partial charge in [0.05, 0.1) is 6.61 Å². The van der Waals surface area contributed by atoms with Crippen molar-refractivity contribution in [3.63, 3.8) is 0 Å². The van der Waals surface area contributed by atoms with Crippen LogP contribution in [0, 0.1) is 0 Å². The van der Waals surface area contributed by atoms with Crippen molar-refractivity contribution in [2.24, 2.45) is 0 Å². The number of hydrogen-bond acceptors (Lipinski definition) is 5. The van der Waals surface area contributed by atoms with E-state index in [4.69, 9.17) is 20.8 Å². The van der Waals surface area contributed by atoms with Crippen LogP contribution in [0.1, 0.15) is 17.3 Å². The molecule has 1 heterocycles. The first-order valence-electron chi connectivity index (χ1n) is 5.60. The number of carbonyl (C=O) groups is 2. The van der Waals surface area contributed by atoms with Gasteiger partial charge in [-0.05, 0) is 36.7 Å². The van der Waals surface area contributed by atoms with Crippen molar-refractivity contribution in [3.8, 4) is 0 Å². The first-order chi connectivity index (χ1) is 9.10. The Bertz CT molecular complexity index is 623. The summed E-state index contributed by atoms with van der Waals surface area (Å²) in [5, 5.41) is 2.46. The summed E-state index contributed by atoms with van der Waals surface area (Å²) in [6.07, 6.45) is 0. The SMILES string of the molecule is CCOC(=O)CNC(=O)c1ccc2nc(Cl)oc2c1. The van der Waals surface area contributed by atoms with Crippen LogP contribution < -0.4 is 5.32 Å². The minimum absolute atomic E-state index is 0.0130. The number of nitrogens with one attached hydrogen (secondary N) is 1. The Morgan fingerprint density at radius 3 is 3.00 bits per heavy atom. The van der Waals surface area contributed by atoms with Crippen molar-refractivity contribution >= 4 is 34.6 Å². The molecule has 6 nitrogen and oxygen atoms in total. The molecule has 1 amide bonds. The molecule has 100 valence electrons. The first-order valence-corrected chi connectivity index (χ1v) is 5.98. The Morgan fingerprint density at radius 1 is 1.47 bits per heavy atom. The summed E-state index contributed by atoms with van der Waals surface area (Å²) in [4.78, 5) is 26.8. The molecule has 0 aliphatic heterocycles. The fourth-order valence-electron chi connectivity index (χ4n) is 1.50. The second kappa shape index (κ2) is 5.71. The topological polar surface area (TPSA) is 81.4 Å². The molecule has 19 heavy (non-hydrogen) atoms. The van der Waals surface area contributed by atoms with Crippen LogP contribution in [0.4, 0.5) is 0 Å². The van der Waals surface area contributed by atoms with Crippen molar-refractivity contribution in [2.45, 2.75) is 6.92 Å². The molecule has 1 N–H and O–H groups in total. The van der Waals surface area contributed by atoms with Crippen LogP contribution in [0.25, 0.3) is 11.1 Å². The summed E-state index contributed by atoms with van der Waals surface area (Å²) in [7, 11) is 0. The predicted molar refractivity (Wildman–Crippen MR) is 68.0 cm³/mol. The number of hydrogen-bond donors (Lipinski definition) is 1. The zero-order valence-electron chi connectivity index (χ0n) is 10.1. The summed E-state index contributed by atoms with van der Waals surface area (Å²) in [5.41, 5.74) is 1.32. The van der Waals surface area contributed by atoms with Crippen LogP contribution in [0.15, 0.2) is 22.6 Å². The van der Waals surface area contributed by atoms with Crippen LogP contribution in [-0.2, 0) is 9.53 Å². The molecule has 0 radical (unpaired) electrons. The summed E-state index contributed by atoms with van der Waals surface area (Å²) in [6.45, 7) is 1.79. The quantitative estimate of drug-likeness (QED) is 0.864. The number of halogens is 1. The molecule has 2 rings (SSSR count). The highest BCUT2D eigenvalue weighted by Crippen LogP contribution is 2.19. The molecular weight excluding hydrogens is 272 g/mol. The highest BCUT2D eigenvalue weighted by atomic mass is 35.5. The van der Waals surface area contributed by atoms with E-state index in [1.165, 1.54) is 6.07 Å². The van der Waals surface area contributed by atoms with E-state index in [-0.39, 0.29) is 18.5 Å². The van der Waals surface area contributed by atoms with Crippen molar-refractivity contribution in [1.29, 1.82) is 0 Å². The maximum absolute atomic E-state index is 11.8. The lowest BCUT2D eigenvalue weighted by Crippen LogP contribution is -2.30. The van der Waals surface area contributed by atoms with E-state index < -0.39 is 11.9 Å². The van der Waals surface area contributed by atoms with Gasteiger partial charge in [0.1, 0.15) is 12.1 Å². The molecule has 0 aliphatic rings. The molecule has 0 spiro atoms. The molecule has 1 aromatic heterocycles. The van der Waals surface area contributed by atoms with Gasteiger partial charge in [-0.3, -0.25) is 9.59 Å². The molecule has 0 saturated heterocycles. The monoisotopic (exact) mass is 282 g/mol.